The summed E-state index contributed by atoms with van der Waals surface area (Å²) in [6.07, 6.45) is 6.44. The minimum atomic E-state index is 0.341. The molecule has 116 valence electrons. The van der Waals surface area contributed by atoms with Crippen LogP contribution in [0, 0.1) is 0 Å². The van der Waals surface area contributed by atoms with Gasteiger partial charge in [-0.3, -0.25) is 4.98 Å². The van der Waals surface area contributed by atoms with Crippen LogP contribution in [-0.2, 0) is 6.42 Å². The van der Waals surface area contributed by atoms with Gasteiger partial charge in [0.25, 0.3) is 0 Å². The number of nitrogens with one attached hydrogen (secondary N) is 1. The molecule has 0 fully saturated rings. The summed E-state index contributed by atoms with van der Waals surface area (Å²) in [6, 6.07) is 10.3. The number of rotatable bonds is 4. The molecule has 0 radical (unpaired) electrons. The van der Waals surface area contributed by atoms with Gasteiger partial charge >= 0.3 is 0 Å². The zero-order valence-corrected chi connectivity index (χ0v) is 14.4. The van der Waals surface area contributed by atoms with Crippen LogP contribution in [0.1, 0.15) is 42.7 Å². The molecule has 1 unspecified atom stereocenters. The van der Waals surface area contributed by atoms with Crippen molar-refractivity contribution in [3.05, 3.63) is 52.8 Å². The SMILES string of the molecule is CCC(Sc1c(Cl)ccc2c1CCCCN2)c1ccccn1. The molecule has 1 atom stereocenters. The first-order valence-corrected chi connectivity index (χ1v) is 9.18. The van der Waals surface area contributed by atoms with Crippen LogP contribution in [-0.4, -0.2) is 11.5 Å². The quantitative estimate of drug-likeness (QED) is 0.724. The average Bonchev–Trinajstić information content (AvgIpc) is 2.80. The maximum absolute atomic E-state index is 6.53. The van der Waals surface area contributed by atoms with E-state index in [1.807, 2.05) is 30.1 Å². The number of anilines is 1. The number of benzene rings is 1. The highest BCUT2D eigenvalue weighted by Crippen LogP contribution is 2.44. The van der Waals surface area contributed by atoms with Crippen LogP contribution in [0.5, 0.6) is 0 Å². The Balaban J connectivity index is 1.94. The highest BCUT2D eigenvalue weighted by atomic mass is 35.5. The summed E-state index contributed by atoms with van der Waals surface area (Å²) in [5, 5.41) is 4.74. The van der Waals surface area contributed by atoms with E-state index in [1.165, 1.54) is 29.0 Å². The second kappa shape index (κ2) is 7.38. The number of aromatic nitrogens is 1. The number of nitrogens with zero attached hydrogens (tertiary/aromatic N) is 1. The van der Waals surface area contributed by atoms with Crippen molar-refractivity contribution in [3.63, 3.8) is 0 Å². The molecular weight excluding hydrogens is 312 g/mol. The third-order valence-corrected chi connectivity index (χ3v) is 6.02. The molecule has 0 amide bonds. The van der Waals surface area contributed by atoms with Crippen molar-refractivity contribution in [3.8, 4) is 0 Å². The molecule has 2 nitrogen and oxygen atoms in total. The molecule has 1 aromatic carbocycles. The van der Waals surface area contributed by atoms with E-state index in [0.29, 0.717) is 5.25 Å². The van der Waals surface area contributed by atoms with Crippen LogP contribution in [0.25, 0.3) is 0 Å². The van der Waals surface area contributed by atoms with Crippen LogP contribution in [0.2, 0.25) is 5.02 Å². The number of hydrogen-bond donors (Lipinski definition) is 1. The van der Waals surface area contributed by atoms with Gasteiger partial charge in [-0.15, -0.1) is 11.8 Å². The van der Waals surface area contributed by atoms with E-state index in [2.05, 4.69) is 35.4 Å². The Morgan fingerprint density at radius 3 is 2.95 bits per heavy atom. The molecule has 0 aliphatic carbocycles. The molecule has 1 aliphatic rings. The molecular formula is C18H21ClN2S. The number of hydrogen-bond acceptors (Lipinski definition) is 3. The lowest BCUT2D eigenvalue weighted by Crippen LogP contribution is -2.01. The standard InChI is InChI=1S/C18H21ClN2S/c1-2-17(16-8-4-6-12-21-16)22-18-13-7-3-5-11-20-15(13)10-9-14(18)19/h4,6,8-10,12,17,20H,2-3,5,7,11H2,1H3. The predicted octanol–water partition coefficient (Wildman–Crippen LogP) is 5.73. The average molecular weight is 333 g/mol. The Labute approximate surface area is 141 Å². The molecule has 1 N–H and O–H groups in total. The predicted molar refractivity (Wildman–Crippen MR) is 96.0 cm³/mol. The van der Waals surface area contributed by atoms with Crippen molar-refractivity contribution in [2.24, 2.45) is 0 Å². The molecule has 2 heterocycles. The van der Waals surface area contributed by atoms with Crippen LogP contribution < -0.4 is 5.32 Å². The summed E-state index contributed by atoms with van der Waals surface area (Å²) < 4.78 is 0. The van der Waals surface area contributed by atoms with E-state index in [0.717, 1.165) is 30.1 Å². The fourth-order valence-corrected chi connectivity index (χ4v) is 4.41. The second-order valence-corrected chi connectivity index (χ2v) is 7.18. The minimum Gasteiger partial charge on any atom is -0.385 e. The normalized spacial score (nSPS) is 15.5. The minimum absolute atomic E-state index is 0.341. The number of fused-ring (bicyclic) bond motifs is 1. The first-order valence-electron chi connectivity index (χ1n) is 7.92. The third kappa shape index (κ3) is 3.41. The van der Waals surface area contributed by atoms with E-state index < -0.39 is 0 Å². The monoisotopic (exact) mass is 332 g/mol. The molecule has 0 bridgehead atoms. The fraction of sp³-hybridized carbons (Fsp3) is 0.389. The Hall–Kier alpha value is -1.19. The molecule has 1 aliphatic heterocycles. The number of halogens is 1. The van der Waals surface area contributed by atoms with Crippen molar-refractivity contribution < 1.29 is 0 Å². The van der Waals surface area contributed by atoms with Crippen LogP contribution in [0.4, 0.5) is 5.69 Å². The van der Waals surface area contributed by atoms with Crippen LogP contribution >= 0.6 is 23.4 Å². The van der Waals surface area contributed by atoms with E-state index in [1.54, 1.807) is 0 Å². The zero-order chi connectivity index (χ0) is 15.4. The van der Waals surface area contributed by atoms with Gasteiger partial charge in [-0.1, -0.05) is 24.6 Å². The Kier molecular flexibility index (Phi) is 5.27. The highest BCUT2D eigenvalue weighted by Gasteiger charge is 2.20. The first-order chi connectivity index (χ1) is 10.8. The third-order valence-electron chi connectivity index (χ3n) is 4.03. The van der Waals surface area contributed by atoms with Gasteiger partial charge in [0, 0.05) is 23.3 Å². The van der Waals surface area contributed by atoms with Crippen molar-refractivity contribution >= 4 is 29.1 Å². The molecule has 0 spiro atoms. The zero-order valence-electron chi connectivity index (χ0n) is 12.8. The maximum atomic E-state index is 6.53. The smallest absolute Gasteiger partial charge is 0.0546 e. The van der Waals surface area contributed by atoms with Gasteiger partial charge < -0.3 is 5.32 Å². The molecule has 2 aromatic rings. The summed E-state index contributed by atoms with van der Waals surface area (Å²) in [4.78, 5) is 5.75. The molecule has 1 aromatic heterocycles. The highest BCUT2D eigenvalue weighted by molar-refractivity contribution is 7.99. The Morgan fingerprint density at radius 2 is 2.18 bits per heavy atom. The summed E-state index contributed by atoms with van der Waals surface area (Å²) in [5.41, 5.74) is 3.76. The Morgan fingerprint density at radius 1 is 1.27 bits per heavy atom. The summed E-state index contributed by atoms with van der Waals surface area (Å²) in [5.74, 6) is 0. The van der Waals surface area contributed by atoms with Crippen molar-refractivity contribution in [2.45, 2.75) is 42.8 Å². The van der Waals surface area contributed by atoms with E-state index in [9.17, 15) is 0 Å². The fourth-order valence-electron chi connectivity index (χ4n) is 2.85. The topological polar surface area (TPSA) is 24.9 Å². The largest absolute Gasteiger partial charge is 0.385 e. The summed E-state index contributed by atoms with van der Waals surface area (Å²) >= 11 is 8.39. The second-order valence-electron chi connectivity index (χ2n) is 5.56. The van der Waals surface area contributed by atoms with Gasteiger partial charge in [-0.25, -0.2) is 0 Å². The summed E-state index contributed by atoms with van der Waals surface area (Å²) in [6.45, 7) is 3.26. The molecule has 3 rings (SSSR count). The molecule has 0 saturated heterocycles. The number of pyridine rings is 1. The van der Waals surface area contributed by atoms with Gasteiger partial charge in [-0.05, 0) is 55.5 Å². The van der Waals surface area contributed by atoms with Gasteiger partial charge in [0.05, 0.1) is 16.0 Å². The Bertz CT molecular complexity index is 630. The van der Waals surface area contributed by atoms with Crippen molar-refractivity contribution in [2.75, 3.05) is 11.9 Å². The molecule has 0 saturated carbocycles. The van der Waals surface area contributed by atoms with Crippen molar-refractivity contribution in [1.29, 1.82) is 0 Å². The molecule has 4 heteroatoms. The van der Waals surface area contributed by atoms with E-state index in [-0.39, 0.29) is 0 Å². The van der Waals surface area contributed by atoms with Crippen molar-refractivity contribution in [1.82, 2.24) is 4.98 Å². The lowest BCUT2D eigenvalue weighted by Gasteiger charge is -2.19. The lowest BCUT2D eigenvalue weighted by atomic mass is 10.1. The van der Waals surface area contributed by atoms with Crippen LogP contribution in [0.15, 0.2) is 41.4 Å². The van der Waals surface area contributed by atoms with E-state index in [4.69, 9.17) is 11.6 Å². The van der Waals surface area contributed by atoms with Gasteiger partial charge in [0.15, 0.2) is 0 Å². The van der Waals surface area contributed by atoms with E-state index >= 15 is 0 Å². The number of thioether (sulfide) groups is 1. The maximum Gasteiger partial charge on any atom is 0.0546 e. The van der Waals surface area contributed by atoms with Gasteiger partial charge in [-0.2, -0.15) is 0 Å². The first kappa shape index (κ1) is 15.7. The van der Waals surface area contributed by atoms with Gasteiger partial charge in [0.1, 0.15) is 0 Å². The van der Waals surface area contributed by atoms with Gasteiger partial charge in [0.2, 0.25) is 0 Å². The van der Waals surface area contributed by atoms with Crippen LogP contribution in [0.3, 0.4) is 0 Å². The lowest BCUT2D eigenvalue weighted by molar-refractivity contribution is 0.778. The summed E-state index contributed by atoms with van der Waals surface area (Å²) in [7, 11) is 0. The molecule has 22 heavy (non-hydrogen) atoms.